The maximum atomic E-state index is 13.1. The molecule has 0 bridgehead atoms. The lowest BCUT2D eigenvalue weighted by Gasteiger charge is -1.98. The summed E-state index contributed by atoms with van der Waals surface area (Å²) in [5.74, 6) is -0.967. The Morgan fingerprint density at radius 1 is 1.29 bits per heavy atom. The normalized spacial score (nSPS) is 10.5. The average Bonchev–Trinajstić information content (AvgIpc) is 2.55. The topological polar surface area (TPSA) is 48.3 Å². The Bertz CT molecular complexity index is 615. The highest BCUT2D eigenvalue weighted by Gasteiger charge is 2.14. The molecule has 0 aliphatic rings. The zero-order valence-corrected chi connectivity index (χ0v) is 9.36. The maximum Gasteiger partial charge on any atom is 0.308 e. The lowest BCUT2D eigenvalue weighted by Crippen LogP contribution is -2.04. The number of halogens is 1. The SMILES string of the molecule is CC(=O)Oc1cn(C(C)=O)c2cc(F)ccc12. The van der Waals surface area contributed by atoms with Crippen molar-refractivity contribution in [2.45, 2.75) is 13.8 Å². The van der Waals surface area contributed by atoms with E-state index < -0.39 is 11.8 Å². The van der Waals surface area contributed by atoms with E-state index in [0.29, 0.717) is 10.9 Å². The first-order valence-corrected chi connectivity index (χ1v) is 4.99. The number of fused-ring (bicyclic) bond motifs is 1. The minimum Gasteiger partial charge on any atom is -0.424 e. The summed E-state index contributed by atoms with van der Waals surface area (Å²) in [6.45, 7) is 2.61. The average molecular weight is 235 g/mol. The molecular formula is C12H10FNO3. The molecule has 1 heterocycles. The largest absolute Gasteiger partial charge is 0.424 e. The summed E-state index contributed by atoms with van der Waals surface area (Å²) < 4.78 is 19.3. The van der Waals surface area contributed by atoms with E-state index in [-0.39, 0.29) is 11.7 Å². The van der Waals surface area contributed by atoms with Gasteiger partial charge in [0.2, 0.25) is 5.91 Å². The molecule has 0 spiro atoms. The molecule has 2 rings (SSSR count). The molecule has 0 amide bonds. The molecule has 5 heteroatoms. The van der Waals surface area contributed by atoms with Crippen molar-refractivity contribution in [3.8, 4) is 5.75 Å². The molecule has 88 valence electrons. The standard InChI is InChI=1S/C12H10FNO3/c1-7(15)14-6-12(17-8(2)16)10-4-3-9(13)5-11(10)14/h3-6H,1-2H3. The molecule has 0 saturated heterocycles. The molecule has 0 fully saturated rings. The molecule has 2 aromatic rings. The van der Waals surface area contributed by atoms with Gasteiger partial charge in [0, 0.05) is 19.2 Å². The van der Waals surface area contributed by atoms with Gasteiger partial charge in [-0.05, 0) is 18.2 Å². The Balaban J connectivity index is 2.70. The molecule has 0 saturated carbocycles. The van der Waals surface area contributed by atoms with Crippen molar-refractivity contribution in [1.82, 2.24) is 4.57 Å². The van der Waals surface area contributed by atoms with Crippen LogP contribution in [0.15, 0.2) is 24.4 Å². The molecule has 1 aromatic heterocycles. The minimum atomic E-state index is -0.489. The predicted molar refractivity (Wildman–Crippen MR) is 59.5 cm³/mol. The highest BCUT2D eigenvalue weighted by molar-refractivity contribution is 5.96. The van der Waals surface area contributed by atoms with E-state index in [4.69, 9.17) is 4.74 Å². The third kappa shape index (κ3) is 2.04. The maximum absolute atomic E-state index is 13.1. The van der Waals surface area contributed by atoms with Gasteiger partial charge in [-0.3, -0.25) is 14.2 Å². The Morgan fingerprint density at radius 2 is 2.00 bits per heavy atom. The van der Waals surface area contributed by atoms with Crippen molar-refractivity contribution in [3.63, 3.8) is 0 Å². The molecule has 0 unspecified atom stereocenters. The molecule has 17 heavy (non-hydrogen) atoms. The van der Waals surface area contributed by atoms with Crippen LogP contribution in [0.1, 0.15) is 18.6 Å². The van der Waals surface area contributed by atoms with Gasteiger partial charge in [-0.2, -0.15) is 0 Å². The number of ether oxygens (including phenoxy) is 1. The summed E-state index contributed by atoms with van der Waals surface area (Å²) in [6, 6.07) is 3.95. The first kappa shape index (κ1) is 11.3. The van der Waals surface area contributed by atoms with Crippen molar-refractivity contribution in [2.75, 3.05) is 0 Å². The molecule has 0 N–H and O–H groups in total. The zero-order valence-electron chi connectivity index (χ0n) is 9.36. The van der Waals surface area contributed by atoms with Crippen molar-refractivity contribution >= 4 is 22.8 Å². The van der Waals surface area contributed by atoms with Crippen LogP contribution in [0.5, 0.6) is 5.75 Å². The third-order valence-corrected chi connectivity index (χ3v) is 2.32. The van der Waals surface area contributed by atoms with Crippen LogP contribution >= 0.6 is 0 Å². The summed E-state index contributed by atoms with van der Waals surface area (Å²) in [5, 5.41) is 0.525. The molecule has 0 aliphatic carbocycles. The summed E-state index contributed by atoms with van der Waals surface area (Å²) in [7, 11) is 0. The number of carbonyl (C=O) groups is 2. The Morgan fingerprint density at radius 3 is 2.59 bits per heavy atom. The molecule has 1 aromatic carbocycles. The van der Waals surface area contributed by atoms with Gasteiger partial charge >= 0.3 is 5.97 Å². The fraction of sp³-hybridized carbons (Fsp3) is 0.167. The number of hydrogen-bond donors (Lipinski definition) is 0. The van der Waals surface area contributed by atoms with Crippen LogP contribution in [-0.4, -0.2) is 16.4 Å². The second kappa shape index (κ2) is 4.01. The van der Waals surface area contributed by atoms with Crippen LogP contribution in [0.4, 0.5) is 4.39 Å². The quantitative estimate of drug-likeness (QED) is 0.713. The first-order chi connectivity index (χ1) is 7.99. The van der Waals surface area contributed by atoms with Crippen LogP contribution in [0.2, 0.25) is 0 Å². The van der Waals surface area contributed by atoms with E-state index in [1.54, 1.807) is 0 Å². The van der Waals surface area contributed by atoms with Crippen molar-refractivity contribution < 1.29 is 18.7 Å². The molecule has 0 aliphatic heterocycles. The van der Waals surface area contributed by atoms with Gasteiger partial charge in [0.15, 0.2) is 5.75 Å². The number of carbonyl (C=O) groups excluding carboxylic acids is 2. The van der Waals surface area contributed by atoms with Crippen molar-refractivity contribution in [2.24, 2.45) is 0 Å². The van der Waals surface area contributed by atoms with Crippen LogP contribution < -0.4 is 4.74 Å². The van der Waals surface area contributed by atoms with E-state index in [1.807, 2.05) is 0 Å². The summed E-state index contributed by atoms with van der Waals surface area (Å²) in [6.07, 6.45) is 1.38. The number of rotatable bonds is 1. The Kier molecular flexibility index (Phi) is 2.67. The van der Waals surface area contributed by atoms with Gasteiger partial charge in [-0.1, -0.05) is 0 Å². The lowest BCUT2D eigenvalue weighted by molar-refractivity contribution is -0.131. The molecule has 4 nitrogen and oxygen atoms in total. The number of hydrogen-bond acceptors (Lipinski definition) is 3. The van der Waals surface area contributed by atoms with Crippen LogP contribution in [-0.2, 0) is 4.79 Å². The predicted octanol–water partition coefficient (Wildman–Crippen LogP) is 2.37. The van der Waals surface area contributed by atoms with Crippen molar-refractivity contribution in [3.05, 3.63) is 30.2 Å². The summed E-state index contributed by atoms with van der Waals surface area (Å²) in [4.78, 5) is 22.3. The summed E-state index contributed by atoms with van der Waals surface area (Å²) in [5.41, 5.74) is 0.383. The fourth-order valence-corrected chi connectivity index (χ4v) is 1.67. The van der Waals surface area contributed by atoms with E-state index in [1.165, 1.54) is 42.8 Å². The van der Waals surface area contributed by atoms with Gasteiger partial charge in [0.05, 0.1) is 11.7 Å². The molecule has 0 atom stereocenters. The van der Waals surface area contributed by atoms with Crippen LogP contribution in [0.3, 0.4) is 0 Å². The molecular weight excluding hydrogens is 225 g/mol. The van der Waals surface area contributed by atoms with Gasteiger partial charge in [0.25, 0.3) is 0 Å². The number of benzene rings is 1. The van der Waals surface area contributed by atoms with E-state index in [2.05, 4.69) is 0 Å². The van der Waals surface area contributed by atoms with Gasteiger partial charge in [0.1, 0.15) is 5.82 Å². The molecule has 0 radical (unpaired) electrons. The Labute approximate surface area is 96.6 Å². The highest BCUT2D eigenvalue weighted by Crippen LogP contribution is 2.28. The Hall–Kier alpha value is -2.17. The highest BCUT2D eigenvalue weighted by atomic mass is 19.1. The van der Waals surface area contributed by atoms with Crippen LogP contribution in [0, 0.1) is 5.82 Å². The number of aromatic nitrogens is 1. The number of esters is 1. The van der Waals surface area contributed by atoms with Crippen LogP contribution in [0.25, 0.3) is 10.9 Å². The second-order valence-corrected chi connectivity index (χ2v) is 3.64. The van der Waals surface area contributed by atoms with Crippen molar-refractivity contribution in [1.29, 1.82) is 0 Å². The lowest BCUT2D eigenvalue weighted by atomic mass is 10.2. The first-order valence-electron chi connectivity index (χ1n) is 4.99. The fourth-order valence-electron chi connectivity index (χ4n) is 1.67. The number of nitrogens with zero attached hydrogens (tertiary/aromatic N) is 1. The third-order valence-electron chi connectivity index (χ3n) is 2.32. The smallest absolute Gasteiger partial charge is 0.308 e. The second-order valence-electron chi connectivity index (χ2n) is 3.64. The monoisotopic (exact) mass is 235 g/mol. The van der Waals surface area contributed by atoms with Gasteiger partial charge in [-0.15, -0.1) is 0 Å². The van der Waals surface area contributed by atoms with E-state index >= 15 is 0 Å². The van der Waals surface area contributed by atoms with E-state index in [9.17, 15) is 14.0 Å². The van der Waals surface area contributed by atoms with Gasteiger partial charge < -0.3 is 4.74 Å². The zero-order chi connectivity index (χ0) is 12.6. The summed E-state index contributed by atoms with van der Waals surface area (Å²) >= 11 is 0. The van der Waals surface area contributed by atoms with E-state index in [0.717, 1.165) is 0 Å². The van der Waals surface area contributed by atoms with Gasteiger partial charge in [-0.25, -0.2) is 4.39 Å². The minimum absolute atomic E-state index is 0.253.